The number of aromatic nitrogens is 1. The molecule has 4 nitrogen and oxygen atoms in total. The summed E-state index contributed by atoms with van der Waals surface area (Å²) in [6.45, 7) is 3.78. The highest BCUT2D eigenvalue weighted by atomic mass is 32.1. The molecule has 1 fully saturated rings. The minimum Gasteiger partial charge on any atom is -0.374 e. The molecule has 1 amide bonds. The molecule has 1 aliphatic rings. The molecule has 0 N–H and O–H groups in total. The van der Waals surface area contributed by atoms with Gasteiger partial charge in [0.05, 0.1) is 23.9 Å². The van der Waals surface area contributed by atoms with Crippen molar-refractivity contribution in [3.63, 3.8) is 0 Å². The Morgan fingerprint density at radius 1 is 1.43 bits per heavy atom. The third-order valence-corrected chi connectivity index (χ3v) is 4.59. The van der Waals surface area contributed by atoms with Crippen LogP contribution in [0.5, 0.6) is 0 Å². The summed E-state index contributed by atoms with van der Waals surface area (Å²) in [5, 5.41) is 0. The molecule has 2 heterocycles. The van der Waals surface area contributed by atoms with Gasteiger partial charge in [0.2, 0.25) is 0 Å². The van der Waals surface area contributed by atoms with Crippen LogP contribution in [0.15, 0.2) is 35.8 Å². The predicted octanol–water partition coefficient (Wildman–Crippen LogP) is 2.54. The smallest absolute Gasteiger partial charge is 0.266 e. The number of nitrogens with zero attached hydrogens (tertiary/aromatic N) is 2. The molecule has 0 spiro atoms. The zero-order valence-corrected chi connectivity index (χ0v) is 12.8. The molecule has 2 aromatic rings. The summed E-state index contributed by atoms with van der Waals surface area (Å²) in [5.41, 5.74) is 3.78. The van der Waals surface area contributed by atoms with E-state index in [0.29, 0.717) is 19.7 Å². The zero-order chi connectivity index (χ0) is 14.7. The lowest BCUT2D eigenvalue weighted by molar-refractivity contribution is -0.0206. The fourth-order valence-corrected chi connectivity index (χ4v) is 3.32. The van der Waals surface area contributed by atoms with E-state index in [4.69, 9.17) is 4.74 Å². The number of hydrogen-bond donors (Lipinski definition) is 0. The fraction of sp³-hybridized carbons (Fsp3) is 0.375. The molecule has 5 heteroatoms. The second kappa shape index (κ2) is 6.37. The lowest BCUT2D eigenvalue weighted by Gasteiger charge is -2.33. The van der Waals surface area contributed by atoms with E-state index in [9.17, 15) is 4.79 Å². The van der Waals surface area contributed by atoms with Crippen molar-refractivity contribution in [2.24, 2.45) is 0 Å². The highest BCUT2D eigenvalue weighted by molar-refractivity contribution is 7.11. The van der Waals surface area contributed by atoms with Gasteiger partial charge >= 0.3 is 0 Å². The van der Waals surface area contributed by atoms with Gasteiger partial charge in [-0.2, -0.15) is 0 Å². The number of carbonyl (C=O) groups excluding carboxylic acids is 1. The minimum absolute atomic E-state index is 0.0679. The van der Waals surface area contributed by atoms with Crippen LogP contribution in [0, 0.1) is 6.92 Å². The summed E-state index contributed by atoms with van der Waals surface area (Å²) in [7, 11) is 0. The van der Waals surface area contributed by atoms with Gasteiger partial charge in [-0.05, 0) is 12.5 Å². The maximum absolute atomic E-state index is 12.5. The summed E-state index contributed by atoms with van der Waals surface area (Å²) in [6, 6.07) is 10.3. The number of ether oxygens (including phenoxy) is 1. The van der Waals surface area contributed by atoms with Gasteiger partial charge in [0.15, 0.2) is 0 Å². The molecule has 1 aromatic heterocycles. The Bertz CT molecular complexity index is 612. The summed E-state index contributed by atoms with van der Waals surface area (Å²) >= 11 is 1.41. The van der Waals surface area contributed by atoms with Gasteiger partial charge in [-0.15, -0.1) is 11.3 Å². The molecular formula is C16H18N2O2S. The zero-order valence-electron chi connectivity index (χ0n) is 12.0. The SMILES string of the molecule is Cc1ncsc1C(=O)N1CCO[C@H](Cc2ccccc2)C1. The predicted molar refractivity (Wildman–Crippen MR) is 82.6 cm³/mol. The number of hydrogen-bond acceptors (Lipinski definition) is 4. The van der Waals surface area contributed by atoms with Crippen molar-refractivity contribution in [2.45, 2.75) is 19.4 Å². The van der Waals surface area contributed by atoms with Crippen LogP contribution in [-0.4, -0.2) is 41.6 Å². The monoisotopic (exact) mass is 302 g/mol. The van der Waals surface area contributed by atoms with Gasteiger partial charge in [-0.3, -0.25) is 4.79 Å². The van der Waals surface area contributed by atoms with Crippen LogP contribution in [-0.2, 0) is 11.2 Å². The molecule has 21 heavy (non-hydrogen) atoms. The van der Waals surface area contributed by atoms with E-state index in [1.807, 2.05) is 30.0 Å². The van der Waals surface area contributed by atoms with Crippen LogP contribution in [0.1, 0.15) is 20.9 Å². The first-order valence-electron chi connectivity index (χ1n) is 7.09. The maximum atomic E-state index is 12.5. The molecule has 0 saturated carbocycles. The first kappa shape index (κ1) is 14.2. The molecule has 1 aliphatic heterocycles. The summed E-state index contributed by atoms with van der Waals surface area (Å²) in [5.74, 6) is 0.0800. The topological polar surface area (TPSA) is 42.4 Å². The largest absolute Gasteiger partial charge is 0.374 e. The van der Waals surface area contributed by atoms with Crippen molar-refractivity contribution >= 4 is 17.2 Å². The number of thiazole rings is 1. The second-order valence-electron chi connectivity index (χ2n) is 5.20. The first-order chi connectivity index (χ1) is 10.2. The van der Waals surface area contributed by atoms with Gasteiger partial charge in [-0.1, -0.05) is 30.3 Å². The van der Waals surface area contributed by atoms with Crippen molar-refractivity contribution in [3.8, 4) is 0 Å². The fourth-order valence-electron chi connectivity index (χ4n) is 2.56. The second-order valence-corrected chi connectivity index (χ2v) is 6.06. The number of morpholine rings is 1. The normalized spacial score (nSPS) is 18.7. The maximum Gasteiger partial charge on any atom is 0.266 e. The van der Waals surface area contributed by atoms with E-state index in [0.717, 1.165) is 17.0 Å². The molecule has 1 atom stereocenters. The van der Waals surface area contributed by atoms with Gasteiger partial charge in [0, 0.05) is 19.5 Å². The lowest BCUT2D eigenvalue weighted by Crippen LogP contribution is -2.46. The van der Waals surface area contributed by atoms with Crippen LogP contribution >= 0.6 is 11.3 Å². The van der Waals surface area contributed by atoms with E-state index >= 15 is 0 Å². The molecule has 1 aromatic carbocycles. The Balaban J connectivity index is 1.66. The number of benzene rings is 1. The van der Waals surface area contributed by atoms with E-state index in [2.05, 4.69) is 17.1 Å². The number of carbonyl (C=O) groups is 1. The molecule has 0 radical (unpaired) electrons. The van der Waals surface area contributed by atoms with Gasteiger partial charge < -0.3 is 9.64 Å². The summed E-state index contributed by atoms with van der Waals surface area (Å²) in [4.78, 5) is 19.3. The lowest BCUT2D eigenvalue weighted by atomic mass is 10.1. The molecule has 0 aliphatic carbocycles. The Kier molecular flexibility index (Phi) is 4.31. The molecule has 1 saturated heterocycles. The van der Waals surface area contributed by atoms with E-state index < -0.39 is 0 Å². The number of aryl methyl sites for hydroxylation is 1. The average Bonchev–Trinajstić information content (AvgIpc) is 2.94. The summed E-state index contributed by atoms with van der Waals surface area (Å²) in [6.07, 6.45) is 0.907. The van der Waals surface area contributed by atoms with Crippen molar-refractivity contribution < 1.29 is 9.53 Å². The van der Waals surface area contributed by atoms with Crippen molar-refractivity contribution in [3.05, 3.63) is 52.0 Å². The Hall–Kier alpha value is -1.72. The number of rotatable bonds is 3. The highest BCUT2D eigenvalue weighted by Gasteiger charge is 2.26. The Morgan fingerprint density at radius 2 is 2.24 bits per heavy atom. The molecule has 3 rings (SSSR count). The van der Waals surface area contributed by atoms with Crippen LogP contribution < -0.4 is 0 Å². The van der Waals surface area contributed by atoms with Gasteiger partial charge in [-0.25, -0.2) is 4.98 Å². The van der Waals surface area contributed by atoms with Crippen molar-refractivity contribution in [2.75, 3.05) is 19.7 Å². The molecule has 110 valence electrons. The van der Waals surface area contributed by atoms with E-state index in [-0.39, 0.29) is 12.0 Å². The van der Waals surface area contributed by atoms with Crippen LogP contribution in [0.4, 0.5) is 0 Å². The van der Waals surface area contributed by atoms with Gasteiger partial charge in [0.25, 0.3) is 5.91 Å². The Labute approximate surface area is 128 Å². The third kappa shape index (κ3) is 3.31. The Morgan fingerprint density at radius 3 is 2.95 bits per heavy atom. The standard InChI is InChI=1S/C16H18N2O2S/c1-12-15(21-11-17-12)16(19)18-7-8-20-14(10-18)9-13-5-3-2-4-6-13/h2-6,11,14H,7-10H2,1H3/t14-/m1/s1. The van der Waals surface area contributed by atoms with E-state index in [1.54, 1.807) is 5.51 Å². The highest BCUT2D eigenvalue weighted by Crippen LogP contribution is 2.18. The van der Waals surface area contributed by atoms with Gasteiger partial charge in [0.1, 0.15) is 4.88 Å². The summed E-state index contributed by atoms with van der Waals surface area (Å²) < 4.78 is 5.80. The van der Waals surface area contributed by atoms with E-state index in [1.165, 1.54) is 16.9 Å². The quantitative estimate of drug-likeness (QED) is 0.875. The van der Waals surface area contributed by atoms with Crippen molar-refractivity contribution in [1.29, 1.82) is 0 Å². The average molecular weight is 302 g/mol. The van der Waals surface area contributed by atoms with Crippen molar-refractivity contribution in [1.82, 2.24) is 9.88 Å². The molecular weight excluding hydrogens is 284 g/mol. The molecule has 0 unspecified atom stereocenters. The van der Waals surface area contributed by atoms with Crippen LogP contribution in [0.3, 0.4) is 0 Å². The number of amides is 1. The van der Waals surface area contributed by atoms with Crippen LogP contribution in [0.2, 0.25) is 0 Å². The molecule has 0 bridgehead atoms. The first-order valence-corrected chi connectivity index (χ1v) is 7.97. The third-order valence-electron chi connectivity index (χ3n) is 3.67. The minimum atomic E-state index is 0.0679. The van der Waals surface area contributed by atoms with Crippen LogP contribution in [0.25, 0.3) is 0 Å².